The summed E-state index contributed by atoms with van der Waals surface area (Å²) in [6, 6.07) is 18.6. The summed E-state index contributed by atoms with van der Waals surface area (Å²) in [7, 11) is -7.43. The monoisotopic (exact) mass is 470 g/mol. The molecule has 0 unspecified atom stereocenters. The first-order valence-electron chi connectivity index (χ1n) is 10.5. The third kappa shape index (κ3) is 4.38. The minimum Gasteiger partial charge on any atom is -0.280 e. The Morgan fingerprint density at radius 3 is 2.19 bits per heavy atom. The lowest BCUT2D eigenvalue weighted by Gasteiger charge is -2.31. The van der Waals surface area contributed by atoms with Gasteiger partial charge < -0.3 is 0 Å². The highest BCUT2D eigenvalue weighted by molar-refractivity contribution is 7.93. The average Bonchev–Trinajstić information content (AvgIpc) is 2.78. The number of sulfonamides is 2. The van der Waals surface area contributed by atoms with E-state index in [1.165, 1.54) is 4.31 Å². The van der Waals surface area contributed by atoms with Gasteiger partial charge >= 0.3 is 0 Å². The van der Waals surface area contributed by atoms with Gasteiger partial charge in [-0.2, -0.15) is 0 Å². The van der Waals surface area contributed by atoms with E-state index in [1.807, 2.05) is 13.8 Å². The maximum Gasteiger partial charge on any atom is 0.264 e. The maximum atomic E-state index is 13.2. The second-order valence-corrected chi connectivity index (χ2v) is 11.5. The van der Waals surface area contributed by atoms with Gasteiger partial charge in [-0.15, -0.1) is 0 Å². The van der Waals surface area contributed by atoms with Crippen LogP contribution in [0.25, 0.3) is 0 Å². The van der Waals surface area contributed by atoms with Crippen LogP contribution in [0, 0.1) is 6.92 Å². The zero-order valence-corrected chi connectivity index (χ0v) is 19.7. The molecule has 0 atom stereocenters. The van der Waals surface area contributed by atoms with Crippen molar-refractivity contribution in [3.05, 3.63) is 83.4 Å². The molecule has 32 heavy (non-hydrogen) atoms. The third-order valence-corrected chi connectivity index (χ3v) is 8.88. The Hall–Kier alpha value is -2.84. The zero-order valence-electron chi connectivity index (χ0n) is 18.1. The Bertz CT molecular complexity index is 1330. The molecule has 0 bridgehead atoms. The van der Waals surface area contributed by atoms with Gasteiger partial charge in [0.05, 0.1) is 15.5 Å². The molecule has 4 rings (SSSR count). The van der Waals surface area contributed by atoms with E-state index in [0.29, 0.717) is 30.8 Å². The van der Waals surface area contributed by atoms with Crippen molar-refractivity contribution in [2.75, 3.05) is 15.6 Å². The summed E-state index contributed by atoms with van der Waals surface area (Å²) in [5.74, 6) is 0. The molecular formula is C24H26N2O4S2. The van der Waals surface area contributed by atoms with E-state index >= 15 is 0 Å². The standard InChI is InChI=1S/C24H26N2O4S2/c1-3-19-8-13-22(14-9-19)31(27,28)25-21-10-15-24-20(17-21)5-4-16-26(24)32(29,30)23-11-6-18(2)7-12-23/h6-15,17,25H,3-5,16H2,1-2H3. The van der Waals surface area contributed by atoms with Crippen molar-refractivity contribution >= 4 is 31.4 Å². The Labute approximate surface area is 190 Å². The molecule has 0 fully saturated rings. The van der Waals surface area contributed by atoms with Crippen molar-refractivity contribution < 1.29 is 16.8 Å². The predicted molar refractivity (Wildman–Crippen MR) is 127 cm³/mol. The van der Waals surface area contributed by atoms with E-state index in [2.05, 4.69) is 4.72 Å². The summed E-state index contributed by atoms with van der Waals surface area (Å²) < 4.78 is 56.1. The minimum atomic E-state index is -3.74. The number of anilines is 2. The van der Waals surface area contributed by atoms with Gasteiger partial charge in [-0.3, -0.25) is 9.03 Å². The maximum absolute atomic E-state index is 13.2. The number of benzene rings is 3. The quantitative estimate of drug-likeness (QED) is 0.575. The van der Waals surface area contributed by atoms with Crippen LogP contribution in [-0.2, 0) is 32.9 Å². The minimum absolute atomic E-state index is 0.191. The van der Waals surface area contributed by atoms with E-state index in [9.17, 15) is 16.8 Å². The second kappa shape index (κ2) is 8.60. The van der Waals surface area contributed by atoms with Gasteiger partial charge in [0.1, 0.15) is 0 Å². The molecule has 3 aromatic rings. The van der Waals surface area contributed by atoms with Crippen molar-refractivity contribution in [2.24, 2.45) is 0 Å². The fourth-order valence-electron chi connectivity index (χ4n) is 3.83. The molecule has 1 heterocycles. The number of hydrogen-bond donors (Lipinski definition) is 1. The Morgan fingerprint density at radius 2 is 1.53 bits per heavy atom. The molecule has 1 aliphatic heterocycles. The lowest BCUT2D eigenvalue weighted by atomic mass is 10.0. The van der Waals surface area contributed by atoms with Crippen LogP contribution in [0.5, 0.6) is 0 Å². The first-order valence-corrected chi connectivity index (χ1v) is 13.5. The number of nitrogens with one attached hydrogen (secondary N) is 1. The number of hydrogen-bond acceptors (Lipinski definition) is 4. The Balaban J connectivity index is 1.62. The van der Waals surface area contributed by atoms with E-state index in [1.54, 1.807) is 66.7 Å². The zero-order chi connectivity index (χ0) is 22.9. The number of rotatable bonds is 6. The number of nitrogens with zero attached hydrogens (tertiary/aromatic N) is 1. The highest BCUT2D eigenvalue weighted by Crippen LogP contribution is 2.34. The van der Waals surface area contributed by atoms with E-state index < -0.39 is 20.0 Å². The molecule has 0 spiro atoms. The van der Waals surface area contributed by atoms with Gasteiger partial charge in [-0.25, -0.2) is 16.8 Å². The Morgan fingerprint density at radius 1 is 0.875 bits per heavy atom. The fraction of sp³-hybridized carbons (Fsp3) is 0.250. The van der Waals surface area contributed by atoms with Crippen molar-refractivity contribution in [1.29, 1.82) is 0 Å². The van der Waals surface area contributed by atoms with E-state index in [-0.39, 0.29) is 9.79 Å². The summed E-state index contributed by atoms with van der Waals surface area (Å²) in [6.07, 6.45) is 2.17. The molecule has 6 nitrogen and oxygen atoms in total. The lowest BCUT2D eigenvalue weighted by Crippen LogP contribution is -2.35. The van der Waals surface area contributed by atoms with Crippen molar-refractivity contribution in [2.45, 2.75) is 42.9 Å². The van der Waals surface area contributed by atoms with Gasteiger partial charge in [-0.05, 0) is 79.8 Å². The van der Waals surface area contributed by atoms with Gasteiger partial charge in [0.15, 0.2) is 0 Å². The second-order valence-electron chi connectivity index (χ2n) is 7.94. The van der Waals surface area contributed by atoms with Gasteiger partial charge in [-0.1, -0.05) is 36.8 Å². The third-order valence-electron chi connectivity index (χ3n) is 5.66. The summed E-state index contributed by atoms with van der Waals surface area (Å²) in [5, 5.41) is 0. The average molecular weight is 471 g/mol. The van der Waals surface area contributed by atoms with Gasteiger partial charge in [0.2, 0.25) is 0 Å². The molecule has 3 aromatic carbocycles. The normalized spacial score (nSPS) is 14.1. The molecular weight excluding hydrogens is 444 g/mol. The van der Waals surface area contributed by atoms with Crippen LogP contribution in [-0.4, -0.2) is 23.4 Å². The van der Waals surface area contributed by atoms with Crippen molar-refractivity contribution in [3.63, 3.8) is 0 Å². The topological polar surface area (TPSA) is 83.6 Å². The summed E-state index contributed by atoms with van der Waals surface area (Å²) >= 11 is 0. The van der Waals surface area contributed by atoms with Crippen LogP contribution in [0.2, 0.25) is 0 Å². The van der Waals surface area contributed by atoms with Crippen molar-refractivity contribution in [3.8, 4) is 0 Å². The molecule has 0 saturated heterocycles. The predicted octanol–water partition coefficient (Wildman–Crippen LogP) is 4.50. The van der Waals surface area contributed by atoms with Crippen LogP contribution < -0.4 is 9.03 Å². The van der Waals surface area contributed by atoms with Gasteiger partial charge in [0, 0.05) is 12.2 Å². The van der Waals surface area contributed by atoms with Crippen LogP contribution >= 0.6 is 0 Å². The molecule has 0 aliphatic carbocycles. The largest absolute Gasteiger partial charge is 0.280 e. The molecule has 0 aromatic heterocycles. The molecule has 1 aliphatic rings. The Kier molecular flexibility index (Phi) is 6.01. The number of fused-ring (bicyclic) bond motifs is 1. The molecule has 1 N–H and O–H groups in total. The summed E-state index contributed by atoms with van der Waals surface area (Å²) in [6.45, 7) is 4.31. The molecule has 168 valence electrons. The molecule has 0 saturated carbocycles. The fourth-order valence-corrected chi connectivity index (χ4v) is 6.42. The van der Waals surface area contributed by atoms with E-state index in [0.717, 1.165) is 23.1 Å². The molecule has 0 amide bonds. The highest BCUT2D eigenvalue weighted by atomic mass is 32.2. The first-order chi connectivity index (χ1) is 15.2. The molecule has 8 heteroatoms. The van der Waals surface area contributed by atoms with Crippen molar-refractivity contribution in [1.82, 2.24) is 0 Å². The smallest absolute Gasteiger partial charge is 0.264 e. The van der Waals surface area contributed by atoms with Crippen LogP contribution in [0.15, 0.2) is 76.5 Å². The van der Waals surface area contributed by atoms with Gasteiger partial charge in [0.25, 0.3) is 20.0 Å². The molecule has 0 radical (unpaired) electrons. The SMILES string of the molecule is CCc1ccc(S(=O)(=O)Nc2ccc3c(c2)CCCN3S(=O)(=O)c2ccc(C)cc2)cc1. The van der Waals surface area contributed by atoms with E-state index in [4.69, 9.17) is 0 Å². The summed E-state index contributed by atoms with van der Waals surface area (Å²) in [4.78, 5) is 0.437. The first kappa shape index (κ1) is 22.4. The highest BCUT2D eigenvalue weighted by Gasteiger charge is 2.29. The lowest BCUT2D eigenvalue weighted by molar-refractivity contribution is 0.586. The van der Waals surface area contributed by atoms with Crippen LogP contribution in [0.1, 0.15) is 30.0 Å². The summed E-state index contributed by atoms with van der Waals surface area (Å²) in [5.41, 5.74) is 3.86. The number of aryl methyl sites for hydroxylation is 3. The van der Waals surface area contributed by atoms with Crippen LogP contribution in [0.3, 0.4) is 0 Å². The van der Waals surface area contributed by atoms with Crippen LogP contribution in [0.4, 0.5) is 11.4 Å².